The number of fused-ring (bicyclic) bond motifs is 3. The molecule has 2 heterocycles. The number of benzene rings is 8. The van der Waals surface area contributed by atoms with Crippen LogP contribution < -0.4 is 0 Å². The summed E-state index contributed by atoms with van der Waals surface area (Å²) in [6.45, 7) is 0. The van der Waals surface area contributed by atoms with Gasteiger partial charge in [0.25, 0.3) is 0 Å². The van der Waals surface area contributed by atoms with Gasteiger partial charge in [-0.3, -0.25) is 0 Å². The molecule has 10 rings (SSSR count). The van der Waals surface area contributed by atoms with Crippen molar-refractivity contribution in [3.05, 3.63) is 206 Å². The largest absolute Gasteiger partial charge is 0.247 e. The highest BCUT2D eigenvalue weighted by atomic mass is 15.0. The van der Waals surface area contributed by atoms with E-state index in [0.29, 0.717) is 17.5 Å². The van der Waals surface area contributed by atoms with Crippen LogP contribution in [0.15, 0.2) is 206 Å². The third-order valence-electron chi connectivity index (χ3n) is 10.3. The quantitative estimate of drug-likeness (QED) is 0.154. The van der Waals surface area contributed by atoms with Crippen molar-refractivity contribution in [1.29, 1.82) is 0 Å². The summed E-state index contributed by atoms with van der Waals surface area (Å²) < 4.78 is 0. The van der Waals surface area contributed by atoms with Crippen LogP contribution in [0.2, 0.25) is 0 Å². The van der Waals surface area contributed by atoms with Crippen molar-refractivity contribution in [1.82, 2.24) is 19.9 Å². The number of aromatic nitrogens is 4. The van der Waals surface area contributed by atoms with Crippen molar-refractivity contribution in [2.24, 2.45) is 0 Å². The number of para-hydroxylation sites is 1. The first-order valence-corrected chi connectivity index (χ1v) is 18.8. The van der Waals surface area contributed by atoms with Crippen LogP contribution in [-0.2, 0) is 0 Å². The van der Waals surface area contributed by atoms with Crippen molar-refractivity contribution in [2.75, 3.05) is 0 Å². The van der Waals surface area contributed by atoms with Gasteiger partial charge in [0.2, 0.25) is 0 Å². The van der Waals surface area contributed by atoms with Crippen LogP contribution in [-0.4, -0.2) is 19.9 Å². The average Bonchev–Trinajstić information content (AvgIpc) is 3.29. The van der Waals surface area contributed by atoms with Gasteiger partial charge in [0.1, 0.15) is 0 Å². The first kappa shape index (κ1) is 33.0. The first-order valence-electron chi connectivity index (χ1n) is 18.8. The predicted molar refractivity (Wildman–Crippen MR) is 231 cm³/mol. The average molecular weight is 715 g/mol. The molecule has 0 amide bonds. The lowest BCUT2D eigenvalue weighted by Gasteiger charge is -2.14. The normalized spacial score (nSPS) is 11.2. The van der Waals surface area contributed by atoms with Crippen molar-refractivity contribution >= 4 is 21.7 Å². The van der Waals surface area contributed by atoms with E-state index in [4.69, 9.17) is 19.9 Å². The molecule has 0 radical (unpaired) electrons. The number of nitrogens with zero attached hydrogens (tertiary/aromatic N) is 4. The summed E-state index contributed by atoms with van der Waals surface area (Å²) in [6, 6.07) is 71.7. The van der Waals surface area contributed by atoms with E-state index < -0.39 is 0 Å². The maximum absolute atomic E-state index is 5.14. The van der Waals surface area contributed by atoms with E-state index in [0.717, 1.165) is 66.5 Å². The molecule has 4 heteroatoms. The first-order chi connectivity index (χ1) is 27.7. The summed E-state index contributed by atoms with van der Waals surface area (Å²) in [4.78, 5) is 20.2. The van der Waals surface area contributed by atoms with Crippen LogP contribution in [0, 0.1) is 0 Å². The van der Waals surface area contributed by atoms with Gasteiger partial charge < -0.3 is 0 Å². The minimum absolute atomic E-state index is 0.630. The van der Waals surface area contributed by atoms with Crippen LogP contribution >= 0.6 is 0 Å². The molecule has 0 atom stereocenters. The van der Waals surface area contributed by atoms with Crippen LogP contribution in [0.1, 0.15) is 0 Å². The Balaban J connectivity index is 1.03. The zero-order valence-electron chi connectivity index (χ0n) is 30.4. The van der Waals surface area contributed by atoms with Gasteiger partial charge in [-0.2, -0.15) is 0 Å². The van der Waals surface area contributed by atoms with Crippen LogP contribution in [0.3, 0.4) is 0 Å². The Bertz CT molecular complexity index is 2980. The molecule has 10 aromatic rings. The summed E-state index contributed by atoms with van der Waals surface area (Å²) in [5, 5.41) is 3.50. The van der Waals surface area contributed by atoms with Gasteiger partial charge in [-0.15, -0.1) is 0 Å². The van der Waals surface area contributed by atoms with Crippen LogP contribution in [0.5, 0.6) is 0 Å². The van der Waals surface area contributed by atoms with Gasteiger partial charge in [0.05, 0.1) is 11.2 Å². The van der Waals surface area contributed by atoms with Crippen molar-refractivity contribution in [3.63, 3.8) is 0 Å². The van der Waals surface area contributed by atoms with Gasteiger partial charge in [-0.1, -0.05) is 194 Å². The predicted octanol–water partition coefficient (Wildman–Crippen LogP) is 13.2. The smallest absolute Gasteiger partial charge is 0.164 e. The van der Waals surface area contributed by atoms with Crippen LogP contribution in [0.25, 0.3) is 100 Å². The van der Waals surface area contributed by atoms with E-state index >= 15 is 0 Å². The van der Waals surface area contributed by atoms with E-state index in [2.05, 4.69) is 164 Å². The highest BCUT2D eigenvalue weighted by molar-refractivity contribution is 6.17. The second-order valence-electron chi connectivity index (χ2n) is 13.8. The SMILES string of the molecule is c1ccc(-c2ccc(-c3nc(-c4ccccc4)nc(-c4cccc(-c5ccc(-c6cccc7c(-c8ccccc8)nc8ccccc8c67)cc5)c4)n3)cc2)cc1. The van der Waals surface area contributed by atoms with Gasteiger partial charge >= 0.3 is 0 Å². The molecule has 2 aromatic heterocycles. The Labute approximate surface area is 325 Å². The molecule has 262 valence electrons. The molecule has 0 saturated heterocycles. The van der Waals surface area contributed by atoms with E-state index in [1.807, 2.05) is 42.5 Å². The topological polar surface area (TPSA) is 51.6 Å². The maximum Gasteiger partial charge on any atom is 0.164 e. The summed E-state index contributed by atoms with van der Waals surface area (Å²) in [5.74, 6) is 1.90. The Hall–Kier alpha value is -7.56. The van der Waals surface area contributed by atoms with Gasteiger partial charge in [0, 0.05) is 38.4 Å². The molecule has 4 nitrogen and oxygen atoms in total. The minimum Gasteiger partial charge on any atom is -0.247 e. The monoisotopic (exact) mass is 714 g/mol. The zero-order valence-corrected chi connectivity index (χ0v) is 30.4. The molecule has 56 heavy (non-hydrogen) atoms. The molecule has 0 N–H and O–H groups in total. The number of hydrogen-bond donors (Lipinski definition) is 0. The maximum atomic E-state index is 5.14. The minimum atomic E-state index is 0.630. The third-order valence-corrected chi connectivity index (χ3v) is 10.3. The lowest BCUT2D eigenvalue weighted by atomic mass is 9.92. The van der Waals surface area contributed by atoms with Crippen molar-refractivity contribution in [3.8, 4) is 78.8 Å². The van der Waals surface area contributed by atoms with Gasteiger partial charge in [0.15, 0.2) is 17.5 Å². The lowest BCUT2D eigenvalue weighted by Crippen LogP contribution is -2.00. The molecular weight excluding hydrogens is 681 g/mol. The second kappa shape index (κ2) is 14.3. The molecule has 0 fully saturated rings. The van der Waals surface area contributed by atoms with Crippen LogP contribution in [0.4, 0.5) is 0 Å². The van der Waals surface area contributed by atoms with E-state index in [9.17, 15) is 0 Å². The summed E-state index contributed by atoms with van der Waals surface area (Å²) in [5.41, 5.74) is 12.7. The Morgan fingerprint density at radius 2 is 0.679 bits per heavy atom. The number of pyridine rings is 1. The molecule has 0 spiro atoms. The molecule has 0 unspecified atom stereocenters. The molecule has 0 saturated carbocycles. The number of rotatable bonds is 7. The molecular formula is C52H34N4. The van der Waals surface area contributed by atoms with E-state index in [1.54, 1.807) is 0 Å². The van der Waals surface area contributed by atoms with E-state index in [-0.39, 0.29) is 0 Å². The van der Waals surface area contributed by atoms with Crippen molar-refractivity contribution in [2.45, 2.75) is 0 Å². The lowest BCUT2D eigenvalue weighted by molar-refractivity contribution is 1.07. The Kier molecular flexibility index (Phi) is 8.47. The highest BCUT2D eigenvalue weighted by Gasteiger charge is 2.16. The highest BCUT2D eigenvalue weighted by Crippen LogP contribution is 2.39. The molecule has 0 bridgehead atoms. The molecule has 0 aliphatic heterocycles. The van der Waals surface area contributed by atoms with Gasteiger partial charge in [-0.25, -0.2) is 19.9 Å². The summed E-state index contributed by atoms with van der Waals surface area (Å²) in [6.07, 6.45) is 0. The second-order valence-corrected chi connectivity index (χ2v) is 13.8. The zero-order chi connectivity index (χ0) is 37.3. The van der Waals surface area contributed by atoms with Crippen molar-refractivity contribution < 1.29 is 0 Å². The standard InChI is InChI=1S/C52H34N4/c1-4-14-35(15-5-1)36-28-32-41(33-29-36)51-54-50(40-18-8-3-9-19-40)55-52(56-51)43-21-12-20-42(34-43)37-26-30-38(31-27-37)44-23-13-24-46-48(44)45-22-10-11-25-47(45)53-49(46)39-16-6-2-7-17-39/h1-34H. The van der Waals surface area contributed by atoms with Gasteiger partial charge in [-0.05, 0) is 45.5 Å². The third kappa shape index (κ3) is 6.29. The Morgan fingerprint density at radius 3 is 1.36 bits per heavy atom. The molecule has 0 aliphatic rings. The molecule has 8 aromatic carbocycles. The summed E-state index contributed by atoms with van der Waals surface area (Å²) in [7, 11) is 0. The van der Waals surface area contributed by atoms with E-state index in [1.165, 1.54) is 16.5 Å². The number of hydrogen-bond acceptors (Lipinski definition) is 4. The fourth-order valence-electron chi connectivity index (χ4n) is 7.53. The fourth-order valence-corrected chi connectivity index (χ4v) is 7.53. The molecule has 0 aliphatic carbocycles. The summed E-state index contributed by atoms with van der Waals surface area (Å²) >= 11 is 0. The fraction of sp³-hybridized carbons (Fsp3) is 0. The Morgan fingerprint density at radius 1 is 0.250 bits per heavy atom.